The van der Waals surface area contributed by atoms with Crippen molar-refractivity contribution in [1.29, 1.82) is 0 Å². The van der Waals surface area contributed by atoms with E-state index < -0.39 is 5.60 Å². The van der Waals surface area contributed by atoms with E-state index in [4.69, 9.17) is 0 Å². The molecule has 2 aliphatic rings. The Balaban J connectivity index is 1.92. The first-order chi connectivity index (χ1) is 8.32. The third kappa shape index (κ3) is 1.11. The summed E-state index contributed by atoms with van der Waals surface area (Å²) in [5.74, 6) is 0.988. The van der Waals surface area contributed by atoms with E-state index in [2.05, 4.69) is 11.1 Å². The summed E-state index contributed by atoms with van der Waals surface area (Å²) < 4.78 is 0. The van der Waals surface area contributed by atoms with Gasteiger partial charge in [0.1, 0.15) is 0 Å². The quantitative estimate of drug-likeness (QED) is 0.809. The maximum Gasteiger partial charge on any atom is 0.0967 e. The number of hydrogen-bond acceptors (Lipinski definition) is 2. The number of nitrogens with zero attached hydrogens (tertiary/aromatic N) is 1. The Morgan fingerprint density at radius 1 is 1.12 bits per heavy atom. The molecule has 2 aliphatic carbocycles. The molecule has 0 aliphatic heterocycles. The fourth-order valence-electron chi connectivity index (χ4n) is 3.77. The van der Waals surface area contributed by atoms with Crippen LogP contribution in [-0.2, 0) is 5.60 Å². The molecule has 2 nitrogen and oxygen atoms in total. The Kier molecular flexibility index (Phi) is 1.74. The monoisotopic (exact) mass is 225 g/mol. The molecule has 2 heteroatoms. The van der Waals surface area contributed by atoms with Crippen LogP contribution in [0.1, 0.15) is 24.8 Å². The number of pyridine rings is 1. The molecule has 1 N–H and O–H groups in total. The van der Waals surface area contributed by atoms with Crippen LogP contribution in [-0.4, -0.2) is 10.1 Å². The highest BCUT2D eigenvalue weighted by Crippen LogP contribution is 2.66. The van der Waals surface area contributed by atoms with Crippen LogP contribution in [0.2, 0.25) is 0 Å². The highest BCUT2D eigenvalue weighted by molar-refractivity contribution is 5.83. The molecule has 0 saturated heterocycles. The lowest BCUT2D eigenvalue weighted by molar-refractivity contribution is 0.107. The van der Waals surface area contributed by atoms with Gasteiger partial charge in [-0.1, -0.05) is 24.6 Å². The first-order valence-electron chi connectivity index (χ1n) is 6.38. The van der Waals surface area contributed by atoms with Crippen LogP contribution < -0.4 is 0 Å². The number of fused-ring (bicyclic) bond motifs is 2. The van der Waals surface area contributed by atoms with E-state index in [9.17, 15) is 5.11 Å². The second-order valence-corrected chi connectivity index (χ2v) is 5.34. The van der Waals surface area contributed by atoms with Crippen molar-refractivity contribution in [3.05, 3.63) is 42.1 Å². The average molecular weight is 225 g/mol. The predicted molar refractivity (Wildman–Crippen MR) is 66.5 cm³/mol. The van der Waals surface area contributed by atoms with Gasteiger partial charge in [-0.2, -0.15) is 0 Å². The molecule has 2 atom stereocenters. The Bertz CT molecular complexity index is 577. The van der Waals surface area contributed by atoms with Crippen LogP contribution in [0.15, 0.2) is 36.5 Å². The molecule has 0 spiro atoms. The van der Waals surface area contributed by atoms with Crippen molar-refractivity contribution < 1.29 is 5.11 Å². The SMILES string of the molecule is OC1(c2ccnc3ccccc23)C2CCCC21. The highest BCUT2D eigenvalue weighted by atomic mass is 16.3. The molecule has 1 aromatic carbocycles. The smallest absolute Gasteiger partial charge is 0.0967 e. The molecule has 0 bridgehead atoms. The molecule has 2 saturated carbocycles. The van der Waals surface area contributed by atoms with Crippen molar-refractivity contribution in [3.63, 3.8) is 0 Å². The summed E-state index contributed by atoms with van der Waals surface area (Å²) in [5.41, 5.74) is 1.53. The topological polar surface area (TPSA) is 33.1 Å². The van der Waals surface area contributed by atoms with Crippen LogP contribution in [0, 0.1) is 11.8 Å². The zero-order valence-corrected chi connectivity index (χ0v) is 9.63. The lowest BCUT2D eigenvalue weighted by atomic mass is 9.96. The molecule has 86 valence electrons. The lowest BCUT2D eigenvalue weighted by Crippen LogP contribution is -2.13. The fraction of sp³-hybridized carbons (Fsp3) is 0.400. The normalized spacial score (nSPS) is 34.9. The van der Waals surface area contributed by atoms with Crippen LogP contribution in [0.5, 0.6) is 0 Å². The van der Waals surface area contributed by atoms with Gasteiger partial charge in [0, 0.05) is 11.6 Å². The molecule has 17 heavy (non-hydrogen) atoms. The van der Waals surface area contributed by atoms with Crippen molar-refractivity contribution in [2.45, 2.75) is 24.9 Å². The third-order valence-electron chi connectivity index (χ3n) is 4.62. The maximum atomic E-state index is 10.8. The molecular weight excluding hydrogens is 210 g/mol. The summed E-state index contributed by atoms with van der Waals surface area (Å²) in [5, 5.41) is 12.0. The number of aliphatic hydroxyl groups is 1. The minimum Gasteiger partial charge on any atom is -0.385 e. The molecule has 4 rings (SSSR count). The number of hydrogen-bond donors (Lipinski definition) is 1. The van der Waals surface area contributed by atoms with Crippen LogP contribution >= 0.6 is 0 Å². The first kappa shape index (κ1) is 9.60. The first-order valence-corrected chi connectivity index (χ1v) is 6.38. The van der Waals surface area contributed by atoms with Gasteiger partial charge in [-0.3, -0.25) is 4.98 Å². The zero-order chi connectivity index (χ0) is 11.5. The minimum atomic E-state index is -0.555. The summed E-state index contributed by atoms with van der Waals surface area (Å²) in [6, 6.07) is 10.1. The fourth-order valence-corrected chi connectivity index (χ4v) is 3.77. The van der Waals surface area contributed by atoms with Gasteiger partial charge >= 0.3 is 0 Å². The summed E-state index contributed by atoms with van der Waals surface area (Å²) in [6.07, 6.45) is 5.46. The van der Waals surface area contributed by atoms with Gasteiger partial charge in [0.2, 0.25) is 0 Å². The van der Waals surface area contributed by atoms with E-state index in [0.717, 1.165) is 16.5 Å². The average Bonchev–Trinajstić information content (AvgIpc) is 2.79. The Labute approximate surface area is 100 Å². The van der Waals surface area contributed by atoms with Crippen molar-refractivity contribution in [1.82, 2.24) is 4.98 Å². The Morgan fingerprint density at radius 3 is 2.71 bits per heavy atom. The molecule has 1 aromatic heterocycles. The van der Waals surface area contributed by atoms with Gasteiger partial charge in [-0.25, -0.2) is 0 Å². The number of aromatic nitrogens is 1. The van der Waals surface area contributed by atoms with Crippen molar-refractivity contribution in [2.24, 2.45) is 11.8 Å². The van der Waals surface area contributed by atoms with E-state index in [1.54, 1.807) is 0 Å². The minimum absolute atomic E-state index is 0.494. The standard InChI is InChI=1S/C15H15NO/c17-15(12-5-3-6-13(12)15)11-8-9-16-14-7-2-1-4-10(11)14/h1-2,4,7-9,12-13,17H,3,5-6H2. The number of benzene rings is 1. The van der Waals surface area contributed by atoms with Gasteiger partial charge in [-0.05, 0) is 42.4 Å². The van der Waals surface area contributed by atoms with Crippen LogP contribution in [0.4, 0.5) is 0 Å². The van der Waals surface area contributed by atoms with E-state index in [0.29, 0.717) is 11.8 Å². The van der Waals surface area contributed by atoms with Gasteiger partial charge in [0.25, 0.3) is 0 Å². The second kappa shape index (κ2) is 3.08. The maximum absolute atomic E-state index is 10.8. The molecule has 0 radical (unpaired) electrons. The van der Waals surface area contributed by atoms with E-state index in [1.807, 2.05) is 30.5 Å². The number of para-hydroxylation sites is 1. The molecule has 1 heterocycles. The van der Waals surface area contributed by atoms with E-state index in [-0.39, 0.29) is 0 Å². The summed E-state index contributed by atoms with van der Waals surface area (Å²) in [4.78, 5) is 4.37. The van der Waals surface area contributed by atoms with Crippen molar-refractivity contribution >= 4 is 10.9 Å². The molecule has 2 fully saturated rings. The van der Waals surface area contributed by atoms with Crippen molar-refractivity contribution in [3.8, 4) is 0 Å². The second-order valence-electron chi connectivity index (χ2n) is 5.34. The number of rotatable bonds is 1. The van der Waals surface area contributed by atoms with Gasteiger partial charge < -0.3 is 5.11 Å². The van der Waals surface area contributed by atoms with Gasteiger partial charge in [-0.15, -0.1) is 0 Å². The summed E-state index contributed by atoms with van der Waals surface area (Å²) >= 11 is 0. The van der Waals surface area contributed by atoms with Crippen LogP contribution in [0.25, 0.3) is 10.9 Å². The van der Waals surface area contributed by atoms with Crippen molar-refractivity contribution in [2.75, 3.05) is 0 Å². The molecular formula is C15H15NO. The Hall–Kier alpha value is -1.41. The van der Waals surface area contributed by atoms with E-state index >= 15 is 0 Å². The lowest BCUT2D eigenvalue weighted by Gasteiger charge is -2.16. The Morgan fingerprint density at radius 2 is 1.88 bits per heavy atom. The molecule has 0 amide bonds. The van der Waals surface area contributed by atoms with E-state index in [1.165, 1.54) is 19.3 Å². The van der Waals surface area contributed by atoms with Gasteiger partial charge in [0.05, 0.1) is 11.1 Å². The summed E-state index contributed by atoms with van der Waals surface area (Å²) in [7, 11) is 0. The largest absolute Gasteiger partial charge is 0.385 e. The summed E-state index contributed by atoms with van der Waals surface area (Å²) in [6.45, 7) is 0. The molecule has 2 unspecified atom stereocenters. The predicted octanol–water partition coefficient (Wildman–Crippen LogP) is 2.85. The molecule has 2 aromatic rings. The zero-order valence-electron chi connectivity index (χ0n) is 9.63. The third-order valence-corrected chi connectivity index (χ3v) is 4.62. The van der Waals surface area contributed by atoms with Crippen LogP contribution in [0.3, 0.4) is 0 Å². The highest BCUT2D eigenvalue weighted by Gasteiger charge is 2.66. The van der Waals surface area contributed by atoms with Gasteiger partial charge in [0.15, 0.2) is 0 Å².